The molecule has 15 heavy (non-hydrogen) atoms. The third kappa shape index (κ3) is 1.27. The highest BCUT2D eigenvalue weighted by molar-refractivity contribution is 6.32. The van der Waals surface area contributed by atoms with Crippen LogP contribution < -0.4 is 10.4 Å². The highest BCUT2D eigenvalue weighted by atomic mass is 35.5. The number of rotatable bonds is 1. The van der Waals surface area contributed by atoms with Crippen LogP contribution in [0.2, 0.25) is 5.02 Å². The molecular formula is C9H10ClN3O2. The minimum atomic E-state index is -1.21. The summed E-state index contributed by atoms with van der Waals surface area (Å²) in [5.41, 5.74) is 2.11. The van der Waals surface area contributed by atoms with Crippen molar-refractivity contribution >= 4 is 23.4 Å². The number of nitrogens with one attached hydrogen (secondary N) is 1. The summed E-state index contributed by atoms with van der Waals surface area (Å²) < 4.78 is 0. The van der Waals surface area contributed by atoms with Crippen LogP contribution in [0, 0.1) is 0 Å². The van der Waals surface area contributed by atoms with E-state index in [1.165, 1.54) is 0 Å². The summed E-state index contributed by atoms with van der Waals surface area (Å²) in [5.74, 6) is -0.435. The van der Waals surface area contributed by atoms with E-state index in [1.54, 1.807) is 31.2 Å². The molecule has 1 aromatic heterocycles. The Labute approximate surface area is 91.6 Å². The number of fused-ring (bicyclic) bond motifs is 1. The Balaban J connectivity index is 2.68. The van der Waals surface area contributed by atoms with Crippen LogP contribution in [0.3, 0.4) is 0 Å². The van der Waals surface area contributed by atoms with Crippen LogP contribution in [0.15, 0.2) is 12.3 Å². The van der Waals surface area contributed by atoms with Crippen LogP contribution in [0.5, 0.6) is 0 Å². The van der Waals surface area contributed by atoms with Gasteiger partial charge in [0.15, 0.2) is 5.54 Å². The van der Waals surface area contributed by atoms with Crippen molar-refractivity contribution in [3.05, 3.63) is 22.8 Å². The molecule has 0 radical (unpaired) electrons. The molecule has 2 N–H and O–H groups in total. The predicted molar refractivity (Wildman–Crippen MR) is 55.8 cm³/mol. The fraction of sp³-hybridized carbons (Fsp3) is 0.333. The lowest BCUT2D eigenvalue weighted by atomic mass is 9.95. The second kappa shape index (κ2) is 3.08. The molecule has 0 spiro atoms. The van der Waals surface area contributed by atoms with Gasteiger partial charge in [-0.15, -0.1) is 0 Å². The molecular weight excluding hydrogens is 218 g/mol. The molecule has 1 aliphatic rings. The van der Waals surface area contributed by atoms with Crippen molar-refractivity contribution in [2.45, 2.75) is 12.5 Å². The van der Waals surface area contributed by atoms with E-state index < -0.39 is 11.5 Å². The summed E-state index contributed by atoms with van der Waals surface area (Å²) in [7, 11) is 1.70. The van der Waals surface area contributed by atoms with E-state index in [-0.39, 0.29) is 0 Å². The van der Waals surface area contributed by atoms with Crippen molar-refractivity contribution < 1.29 is 9.90 Å². The smallest absolute Gasteiger partial charge is 0.330 e. The standard InChI is InChI=1S/C9H10ClN3O2/c1-9(8(14)15)6-5(10)3-4-11-7(6)13(2)12-9/h3-4,12H,1-2H3,(H,14,15). The number of halogens is 1. The number of aromatic nitrogens is 1. The number of pyridine rings is 1. The molecule has 0 bridgehead atoms. The monoisotopic (exact) mass is 227 g/mol. The molecule has 0 saturated carbocycles. The number of aliphatic carboxylic acids is 1. The molecule has 1 atom stereocenters. The van der Waals surface area contributed by atoms with E-state index in [0.29, 0.717) is 16.4 Å². The van der Waals surface area contributed by atoms with Gasteiger partial charge in [-0.05, 0) is 13.0 Å². The van der Waals surface area contributed by atoms with Crippen LogP contribution in [-0.2, 0) is 10.3 Å². The van der Waals surface area contributed by atoms with E-state index >= 15 is 0 Å². The minimum absolute atomic E-state index is 0.404. The van der Waals surface area contributed by atoms with Gasteiger partial charge in [-0.2, -0.15) is 0 Å². The van der Waals surface area contributed by atoms with E-state index in [4.69, 9.17) is 11.6 Å². The zero-order valence-electron chi connectivity index (χ0n) is 8.28. The van der Waals surface area contributed by atoms with Gasteiger partial charge in [-0.25, -0.2) is 15.2 Å². The number of hydrazine groups is 1. The molecule has 1 aliphatic heterocycles. The number of hydrogen-bond acceptors (Lipinski definition) is 4. The largest absolute Gasteiger partial charge is 0.480 e. The number of carboxylic acids is 1. The zero-order chi connectivity index (χ0) is 11.2. The number of anilines is 1. The average molecular weight is 228 g/mol. The Morgan fingerprint density at radius 1 is 1.73 bits per heavy atom. The summed E-state index contributed by atoms with van der Waals surface area (Å²) in [6.07, 6.45) is 1.55. The third-order valence-corrected chi connectivity index (χ3v) is 2.83. The van der Waals surface area contributed by atoms with Crippen LogP contribution in [0.25, 0.3) is 0 Å². The Morgan fingerprint density at radius 2 is 2.40 bits per heavy atom. The summed E-state index contributed by atoms with van der Waals surface area (Å²) >= 11 is 5.99. The lowest BCUT2D eigenvalue weighted by molar-refractivity contribution is -0.144. The molecule has 0 aliphatic carbocycles. The van der Waals surface area contributed by atoms with E-state index in [1.807, 2.05) is 0 Å². The van der Waals surface area contributed by atoms with Gasteiger partial charge in [0.1, 0.15) is 5.82 Å². The molecule has 1 aromatic rings. The van der Waals surface area contributed by atoms with Gasteiger partial charge in [0.2, 0.25) is 0 Å². The molecule has 0 aromatic carbocycles. The van der Waals surface area contributed by atoms with Crippen molar-refractivity contribution in [2.24, 2.45) is 0 Å². The van der Waals surface area contributed by atoms with Crippen molar-refractivity contribution in [1.82, 2.24) is 10.4 Å². The highest BCUT2D eigenvalue weighted by Gasteiger charge is 2.46. The molecule has 0 fully saturated rings. The van der Waals surface area contributed by atoms with Gasteiger partial charge < -0.3 is 5.11 Å². The maximum atomic E-state index is 11.2. The Morgan fingerprint density at radius 3 is 3.00 bits per heavy atom. The first-order valence-corrected chi connectivity index (χ1v) is 4.74. The normalized spacial score (nSPS) is 24.1. The maximum absolute atomic E-state index is 11.2. The maximum Gasteiger partial charge on any atom is 0.330 e. The van der Waals surface area contributed by atoms with Crippen molar-refractivity contribution in [3.63, 3.8) is 0 Å². The molecule has 1 unspecified atom stereocenters. The third-order valence-electron chi connectivity index (χ3n) is 2.52. The Kier molecular flexibility index (Phi) is 2.09. The number of nitrogens with zero attached hydrogens (tertiary/aromatic N) is 2. The summed E-state index contributed by atoms with van der Waals surface area (Å²) in [6.45, 7) is 1.56. The lowest BCUT2D eigenvalue weighted by Gasteiger charge is -2.21. The number of hydrogen-bond donors (Lipinski definition) is 2. The van der Waals surface area contributed by atoms with Crippen molar-refractivity contribution in [3.8, 4) is 0 Å². The molecule has 0 amide bonds. The summed E-state index contributed by atoms with van der Waals surface area (Å²) in [4.78, 5) is 15.3. The second-order valence-corrected chi connectivity index (χ2v) is 4.00. The topological polar surface area (TPSA) is 65.5 Å². The van der Waals surface area contributed by atoms with E-state index in [9.17, 15) is 9.90 Å². The van der Waals surface area contributed by atoms with E-state index in [0.717, 1.165) is 0 Å². The van der Waals surface area contributed by atoms with Gasteiger partial charge >= 0.3 is 5.97 Å². The van der Waals surface area contributed by atoms with Crippen LogP contribution in [0.4, 0.5) is 5.82 Å². The number of carbonyl (C=O) groups is 1. The molecule has 2 rings (SSSR count). The van der Waals surface area contributed by atoms with Crippen LogP contribution in [0.1, 0.15) is 12.5 Å². The first-order chi connectivity index (χ1) is 6.97. The van der Waals surface area contributed by atoms with Gasteiger partial charge in [0, 0.05) is 18.8 Å². The van der Waals surface area contributed by atoms with Crippen LogP contribution in [-0.4, -0.2) is 23.1 Å². The van der Waals surface area contributed by atoms with Crippen molar-refractivity contribution in [1.29, 1.82) is 0 Å². The molecule has 0 saturated heterocycles. The van der Waals surface area contributed by atoms with Gasteiger partial charge in [-0.3, -0.25) is 5.01 Å². The molecule has 80 valence electrons. The van der Waals surface area contributed by atoms with Crippen LogP contribution >= 0.6 is 11.6 Å². The quantitative estimate of drug-likeness (QED) is 0.749. The fourth-order valence-electron chi connectivity index (χ4n) is 1.74. The van der Waals surface area contributed by atoms with Gasteiger partial charge in [-0.1, -0.05) is 11.6 Å². The fourth-order valence-corrected chi connectivity index (χ4v) is 2.07. The Hall–Kier alpha value is -1.33. The highest BCUT2D eigenvalue weighted by Crippen LogP contribution is 2.39. The lowest BCUT2D eigenvalue weighted by Crippen LogP contribution is -2.47. The molecule has 6 heteroatoms. The van der Waals surface area contributed by atoms with E-state index in [2.05, 4.69) is 10.4 Å². The Bertz CT molecular complexity index is 437. The second-order valence-electron chi connectivity index (χ2n) is 3.59. The summed E-state index contributed by atoms with van der Waals surface area (Å²) in [5, 5.41) is 11.2. The zero-order valence-corrected chi connectivity index (χ0v) is 9.04. The average Bonchev–Trinajstić information content (AvgIpc) is 2.42. The van der Waals surface area contributed by atoms with Gasteiger partial charge in [0.25, 0.3) is 0 Å². The number of carboxylic acid groups (broad SMARTS) is 1. The first kappa shape index (κ1) is 10.2. The predicted octanol–water partition coefficient (Wildman–Crippen LogP) is 0.989. The van der Waals surface area contributed by atoms with Gasteiger partial charge in [0.05, 0.1) is 5.02 Å². The summed E-state index contributed by atoms with van der Waals surface area (Å²) in [6, 6.07) is 1.59. The molecule has 2 heterocycles. The minimum Gasteiger partial charge on any atom is -0.480 e. The SMILES string of the molecule is CN1NC(C)(C(=O)O)c2c(Cl)ccnc21. The first-order valence-electron chi connectivity index (χ1n) is 4.36. The molecule has 5 nitrogen and oxygen atoms in total. The van der Waals surface area contributed by atoms with Crippen molar-refractivity contribution in [2.75, 3.05) is 12.1 Å².